The number of ether oxygens (including phenoxy) is 1. The van der Waals surface area contributed by atoms with Crippen molar-refractivity contribution in [1.29, 1.82) is 0 Å². The van der Waals surface area contributed by atoms with Crippen molar-refractivity contribution in [1.82, 2.24) is 15.5 Å². The zero-order valence-electron chi connectivity index (χ0n) is 15.3. The van der Waals surface area contributed by atoms with E-state index >= 15 is 0 Å². The fourth-order valence-corrected chi connectivity index (χ4v) is 3.65. The quantitative estimate of drug-likeness (QED) is 0.778. The van der Waals surface area contributed by atoms with Crippen LogP contribution in [0.4, 0.5) is 4.79 Å². The summed E-state index contributed by atoms with van der Waals surface area (Å²) in [5, 5.41) is 6.08. The molecule has 3 rings (SSSR count). The molecule has 0 aromatic heterocycles. The summed E-state index contributed by atoms with van der Waals surface area (Å²) in [5.41, 5.74) is 1.07. The molecule has 0 radical (unpaired) electrons. The van der Waals surface area contributed by atoms with E-state index in [-0.39, 0.29) is 12.1 Å². The minimum absolute atomic E-state index is 0.0419. The number of unbranched alkanes of at least 4 members (excludes halogenated alkanes) is 1. The summed E-state index contributed by atoms with van der Waals surface area (Å²) in [6, 6.07) is 7.90. The Hall–Kier alpha value is -1.75. The van der Waals surface area contributed by atoms with Gasteiger partial charge in [-0.3, -0.25) is 0 Å². The van der Waals surface area contributed by atoms with Gasteiger partial charge in [0.25, 0.3) is 0 Å². The van der Waals surface area contributed by atoms with Crippen LogP contribution in [0.3, 0.4) is 0 Å². The second-order valence-corrected chi connectivity index (χ2v) is 7.36. The third-order valence-corrected chi connectivity index (χ3v) is 5.33. The molecule has 1 saturated heterocycles. The summed E-state index contributed by atoms with van der Waals surface area (Å²) in [4.78, 5) is 14.7. The summed E-state index contributed by atoms with van der Waals surface area (Å²) in [5.74, 6) is 1.77. The summed E-state index contributed by atoms with van der Waals surface area (Å²) in [7, 11) is 0. The topological polar surface area (TPSA) is 53.6 Å². The molecular formula is C20H31N3O2. The number of carbonyl (C=O) groups excluding carboxylic acids is 1. The number of rotatable bonds is 6. The van der Waals surface area contributed by atoms with E-state index in [2.05, 4.69) is 22.5 Å². The predicted octanol–water partition coefficient (Wildman–Crippen LogP) is 3.32. The van der Waals surface area contributed by atoms with Crippen LogP contribution >= 0.6 is 0 Å². The van der Waals surface area contributed by atoms with E-state index in [1.165, 1.54) is 25.9 Å². The molecule has 0 bridgehead atoms. The second-order valence-electron chi connectivity index (χ2n) is 7.36. The molecule has 2 heterocycles. The highest BCUT2D eigenvalue weighted by Crippen LogP contribution is 2.31. The van der Waals surface area contributed by atoms with E-state index in [1.54, 1.807) is 0 Å². The van der Waals surface area contributed by atoms with Gasteiger partial charge in [0.15, 0.2) is 0 Å². The van der Waals surface area contributed by atoms with Gasteiger partial charge in [0.1, 0.15) is 5.75 Å². The molecule has 138 valence electrons. The van der Waals surface area contributed by atoms with Crippen molar-refractivity contribution in [3.8, 4) is 5.75 Å². The van der Waals surface area contributed by atoms with Crippen LogP contribution in [0, 0.1) is 5.92 Å². The maximum atomic E-state index is 12.1. The minimum atomic E-state index is -0.0755. The normalized spacial score (nSPS) is 21.2. The third kappa shape index (κ3) is 5.36. The molecule has 2 aliphatic rings. The first-order valence-corrected chi connectivity index (χ1v) is 9.71. The number of hydrogen-bond donors (Lipinski definition) is 2. The number of urea groups is 1. The lowest BCUT2D eigenvalue weighted by atomic mass is 9.99. The highest BCUT2D eigenvalue weighted by Gasteiger charge is 2.22. The molecule has 1 aromatic rings. The summed E-state index contributed by atoms with van der Waals surface area (Å²) >= 11 is 0. The first-order chi connectivity index (χ1) is 12.2. The minimum Gasteiger partial charge on any atom is -0.493 e. The monoisotopic (exact) mass is 345 g/mol. The van der Waals surface area contributed by atoms with E-state index < -0.39 is 0 Å². The number of nitrogens with one attached hydrogen (secondary N) is 2. The molecule has 0 unspecified atom stereocenters. The molecule has 5 heteroatoms. The summed E-state index contributed by atoms with van der Waals surface area (Å²) in [6.07, 6.45) is 5.65. The zero-order valence-corrected chi connectivity index (χ0v) is 15.3. The van der Waals surface area contributed by atoms with E-state index in [1.807, 2.05) is 24.3 Å². The van der Waals surface area contributed by atoms with E-state index in [0.717, 1.165) is 49.6 Å². The molecule has 0 saturated carbocycles. The van der Waals surface area contributed by atoms with Crippen LogP contribution in [0.2, 0.25) is 0 Å². The highest BCUT2D eigenvalue weighted by atomic mass is 16.5. The van der Waals surface area contributed by atoms with Gasteiger partial charge in [-0.25, -0.2) is 4.79 Å². The molecule has 1 aromatic carbocycles. The number of fused-ring (bicyclic) bond motifs is 1. The highest BCUT2D eigenvalue weighted by molar-refractivity contribution is 5.74. The van der Waals surface area contributed by atoms with Gasteiger partial charge >= 0.3 is 6.03 Å². The average Bonchev–Trinajstić information content (AvgIpc) is 2.63. The Balaban J connectivity index is 1.31. The van der Waals surface area contributed by atoms with Crippen molar-refractivity contribution in [2.24, 2.45) is 5.92 Å². The number of amides is 2. The molecule has 1 fully saturated rings. The van der Waals surface area contributed by atoms with Gasteiger partial charge in [-0.1, -0.05) is 25.1 Å². The van der Waals surface area contributed by atoms with E-state index in [4.69, 9.17) is 4.74 Å². The standard InChI is InChI=1S/C20H31N3O2/c1-16-8-13-23(14-9-16)12-5-4-11-21-20(24)22-18-10-15-25-19-7-3-2-6-17(18)19/h2-3,6-7,16,18H,4-5,8-15H2,1H3,(H2,21,22,24)/t18-/m0/s1. The van der Waals surface area contributed by atoms with Crippen molar-refractivity contribution in [2.75, 3.05) is 32.8 Å². The van der Waals surface area contributed by atoms with Gasteiger partial charge in [0, 0.05) is 18.5 Å². The number of hydrogen-bond acceptors (Lipinski definition) is 3. The zero-order chi connectivity index (χ0) is 17.5. The SMILES string of the molecule is CC1CCN(CCCCNC(=O)N[C@H]2CCOc3ccccc32)CC1. The van der Waals surface area contributed by atoms with Crippen molar-refractivity contribution >= 4 is 6.03 Å². The van der Waals surface area contributed by atoms with Crippen LogP contribution in [0.15, 0.2) is 24.3 Å². The van der Waals surface area contributed by atoms with Crippen LogP contribution in [-0.4, -0.2) is 43.7 Å². The Morgan fingerprint density at radius 1 is 1.20 bits per heavy atom. The number of nitrogens with zero attached hydrogens (tertiary/aromatic N) is 1. The van der Waals surface area contributed by atoms with E-state index in [0.29, 0.717) is 6.61 Å². The smallest absolute Gasteiger partial charge is 0.315 e. The van der Waals surface area contributed by atoms with Crippen molar-refractivity contribution < 1.29 is 9.53 Å². The van der Waals surface area contributed by atoms with E-state index in [9.17, 15) is 4.79 Å². The molecule has 0 spiro atoms. The Morgan fingerprint density at radius 2 is 2.00 bits per heavy atom. The lowest BCUT2D eigenvalue weighted by Crippen LogP contribution is -2.40. The van der Waals surface area contributed by atoms with Gasteiger partial charge in [-0.2, -0.15) is 0 Å². The fourth-order valence-electron chi connectivity index (χ4n) is 3.65. The maximum absolute atomic E-state index is 12.1. The van der Waals surface area contributed by atoms with Crippen LogP contribution in [0.1, 0.15) is 50.6 Å². The molecule has 0 aliphatic carbocycles. The fraction of sp³-hybridized carbons (Fsp3) is 0.650. The van der Waals surface area contributed by atoms with Crippen molar-refractivity contribution in [3.05, 3.63) is 29.8 Å². The van der Waals surface area contributed by atoms with Gasteiger partial charge in [-0.15, -0.1) is 0 Å². The molecule has 2 N–H and O–H groups in total. The van der Waals surface area contributed by atoms with Crippen LogP contribution in [0.25, 0.3) is 0 Å². The Kier molecular flexibility index (Phi) is 6.56. The van der Waals surface area contributed by atoms with Crippen LogP contribution in [-0.2, 0) is 0 Å². The lowest BCUT2D eigenvalue weighted by molar-refractivity contribution is 0.189. The number of benzene rings is 1. The van der Waals surface area contributed by atoms with Gasteiger partial charge < -0.3 is 20.3 Å². The third-order valence-electron chi connectivity index (χ3n) is 5.33. The Labute approximate surface area is 151 Å². The van der Waals surface area contributed by atoms with Crippen molar-refractivity contribution in [3.63, 3.8) is 0 Å². The molecule has 2 amide bonds. The first-order valence-electron chi connectivity index (χ1n) is 9.71. The number of likely N-dealkylation sites (tertiary alicyclic amines) is 1. The summed E-state index contributed by atoms with van der Waals surface area (Å²) < 4.78 is 5.64. The Bertz CT molecular complexity index is 556. The molecule has 25 heavy (non-hydrogen) atoms. The van der Waals surface area contributed by atoms with Gasteiger partial charge in [0.2, 0.25) is 0 Å². The molecule has 2 aliphatic heterocycles. The van der Waals surface area contributed by atoms with Crippen LogP contribution < -0.4 is 15.4 Å². The number of carbonyl (C=O) groups is 1. The summed E-state index contributed by atoms with van der Waals surface area (Å²) in [6.45, 7) is 7.36. The van der Waals surface area contributed by atoms with Crippen molar-refractivity contribution in [2.45, 2.75) is 45.1 Å². The van der Waals surface area contributed by atoms with Gasteiger partial charge in [0.05, 0.1) is 12.6 Å². The second kappa shape index (κ2) is 9.09. The molecule has 5 nitrogen and oxygen atoms in total. The largest absolute Gasteiger partial charge is 0.493 e. The first kappa shape index (κ1) is 18.1. The molecule has 1 atom stereocenters. The van der Waals surface area contributed by atoms with Gasteiger partial charge in [-0.05, 0) is 57.3 Å². The number of piperidine rings is 1. The average molecular weight is 345 g/mol. The maximum Gasteiger partial charge on any atom is 0.315 e. The van der Waals surface area contributed by atoms with Crippen LogP contribution in [0.5, 0.6) is 5.75 Å². The molecular weight excluding hydrogens is 314 g/mol. The lowest BCUT2D eigenvalue weighted by Gasteiger charge is -2.30. The number of para-hydroxylation sites is 1. The Morgan fingerprint density at radius 3 is 2.84 bits per heavy atom. The predicted molar refractivity (Wildman–Crippen MR) is 99.9 cm³/mol.